The van der Waals surface area contributed by atoms with E-state index in [9.17, 15) is 0 Å². The Bertz CT molecular complexity index is 533. The summed E-state index contributed by atoms with van der Waals surface area (Å²) in [5.74, 6) is 0. The summed E-state index contributed by atoms with van der Waals surface area (Å²) in [7, 11) is 0. The predicted molar refractivity (Wildman–Crippen MR) is 71.1 cm³/mol. The van der Waals surface area contributed by atoms with Gasteiger partial charge in [0.05, 0.1) is 11.9 Å². The van der Waals surface area contributed by atoms with Crippen LogP contribution in [0.4, 0.5) is 0 Å². The summed E-state index contributed by atoms with van der Waals surface area (Å²) in [5.41, 5.74) is 9.65. The number of para-hydroxylation sites is 1. The number of benzene rings is 1. The summed E-state index contributed by atoms with van der Waals surface area (Å²) < 4.78 is 1.77. The maximum atomic E-state index is 5.28. The van der Waals surface area contributed by atoms with E-state index in [-0.39, 0.29) is 5.11 Å². The van der Waals surface area contributed by atoms with Gasteiger partial charge in [-0.1, -0.05) is 18.2 Å². The molecule has 1 heterocycles. The number of hydrogen-bond donors (Lipinski definition) is 2. The first kappa shape index (κ1) is 11.3. The molecule has 1 aromatic carbocycles. The highest BCUT2D eigenvalue weighted by Crippen LogP contribution is 2.10. The fourth-order valence-corrected chi connectivity index (χ4v) is 1.43. The zero-order chi connectivity index (χ0) is 12.1. The molecule has 0 saturated heterocycles. The highest BCUT2D eigenvalue weighted by Gasteiger charge is 2.01. The van der Waals surface area contributed by atoms with Crippen LogP contribution in [0.25, 0.3) is 5.69 Å². The fraction of sp³-hybridized carbons (Fsp3) is 0. The van der Waals surface area contributed by atoms with Gasteiger partial charge in [0.1, 0.15) is 0 Å². The molecule has 0 amide bonds. The molecule has 0 atom stereocenters. The Kier molecular flexibility index (Phi) is 3.46. The molecule has 5 nitrogen and oxygen atoms in total. The van der Waals surface area contributed by atoms with E-state index in [0.717, 1.165) is 11.3 Å². The molecule has 17 heavy (non-hydrogen) atoms. The van der Waals surface area contributed by atoms with Crippen LogP contribution in [0.2, 0.25) is 0 Å². The number of nitrogens with two attached hydrogens (primary N) is 1. The van der Waals surface area contributed by atoms with Crippen LogP contribution in [0.5, 0.6) is 0 Å². The molecule has 0 radical (unpaired) electrons. The van der Waals surface area contributed by atoms with Gasteiger partial charge in [-0.2, -0.15) is 10.2 Å². The highest BCUT2D eigenvalue weighted by atomic mass is 32.1. The average Bonchev–Trinajstić information content (AvgIpc) is 2.82. The van der Waals surface area contributed by atoms with E-state index in [4.69, 9.17) is 5.73 Å². The van der Waals surface area contributed by atoms with Gasteiger partial charge >= 0.3 is 0 Å². The van der Waals surface area contributed by atoms with Crippen molar-refractivity contribution in [3.05, 3.63) is 48.3 Å². The van der Waals surface area contributed by atoms with Crippen molar-refractivity contribution in [3.63, 3.8) is 0 Å². The molecule has 0 fully saturated rings. The standard InChI is InChI=1S/C11H11N5S/c12-11(17)15-13-8-9-4-1-2-5-10(9)16-7-3-6-14-16/h1-8H,(H3,12,15,17). The first-order valence-corrected chi connectivity index (χ1v) is 5.36. The third-order valence-corrected chi connectivity index (χ3v) is 2.16. The molecule has 0 aliphatic carbocycles. The zero-order valence-electron chi connectivity index (χ0n) is 8.95. The maximum Gasteiger partial charge on any atom is 0.184 e. The first-order valence-electron chi connectivity index (χ1n) is 4.95. The number of hydrazone groups is 1. The molecule has 0 unspecified atom stereocenters. The van der Waals surface area contributed by atoms with Crippen molar-refractivity contribution in [3.8, 4) is 5.69 Å². The van der Waals surface area contributed by atoms with Crippen LogP contribution in [0.3, 0.4) is 0 Å². The molecule has 2 aromatic rings. The van der Waals surface area contributed by atoms with Gasteiger partial charge in [0.25, 0.3) is 0 Å². The monoisotopic (exact) mass is 245 g/mol. The normalized spacial score (nSPS) is 10.6. The molecule has 0 bridgehead atoms. The molecule has 0 aliphatic rings. The van der Waals surface area contributed by atoms with Crippen LogP contribution >= 0.6 is 12.2 Å². The quantitative estimate of drug-likeness (QED) is 0.481. The molecular weight excluding hydrogens is 234 g/mol. The van der Waals surface area contributed by atoms with E-state index in [0.29, 0.717) is 0 Å². The summed E-state index contributed by atoms with van der Waals surface area (Å²) in [6.07, 6.45) is 5.24. The van der Waals surface area contributed by atoms with Crippen LogP contribution in [-0.4, -0.2) is 21.1 Å². The number of hydrogen-bond acceptors (Lipinski definition) is 3. The van der Waals surface area contributed by atoms with Gasteiger partial charge in [-0.25, -0.2) is 4.68 Å². The molecule has 86 valence electrons. The smallest absolute Gasteiger partial charge is 0.184 e. The van der Waals surface area contributed by atoms with E-state index in [1.54, 1.807) is 17.1 Å². The van der Waals surface area contributed by atoms with E-state index >= 15 is 0 Å². The summed E-state index contributed by atoms with van der Waals surface area (Å²) in [5, 5.41) is 8.24. The Morgan fingerprint density at radius 3 is 2.94 bits per heavy atom. The van der Waals surface area contributed by atoms with E-state index in [2.05, 4.69) is 27.8 Å². The maximum absolute atomic E-state index is 5.28. The summed E-state index contributed by atoms with van der Waals surface area (Å²) in [4.78, 5) is 0. The van der Waals surface area contributed by atoms with Crippen LogP contribution in [0.1, 0.15) is 5.56 Å². The van der Waals surface area contributed by atoms with Crippen molar-refractivity contribution in [1.82, 2.24) is 15.2 Å². The second-order valence-corrected chi connectivity index (χ2v) is 3.68. The second kappa shape index (κ2) is 5.22. The molecule has 0 spiro atoms. The molecule has 6 heteroatoms. The Morgan fingerprint density at radius 1 is 1.41 bits per heavy atom. The second-order valence-electron chi connectivity index (χ2n) is 3.24. The number of nitrogens with zero attached hydrogens (tertiary/aromatic N) is 3. The van der Waals surface area contributed by atoms with Gasteiger partial charge in [-0.05, 0) is 24.4 Å². The molecule has 1 aromatic heterocycles. The van der Waals surface area contributed by atoms with Crippen molar-refractivity contribution >= 4 is 23.5 Å². The SMILES string of the molecule is NC(=S)NN=Cc1ccccc1-n1cccn1. The van der Waals surface area contributed by atoms with Crippen LogP contribution in [-0.2, 0) is 0 Å². The van der Waals surface area contributed by atoms with Gasteiger partial charge in [-0.15, -0.1) is 0 Å². The number of aromatic nitrogens is 2. The van der Waals surface area contributed by atoms with Gasteiger partial charge in [0.2, 0.25) is 0 Å². The minimum Gasteiger partial charge on any atom is -0.375 e. The highest BCUT2D eigenvalue weighted by molar-refractivity contribution is 7.80. The van der Waals surface area contributed by atoms with Crippen molar-refractivity contribution in [2.75, 3.05) is 0 Å². The third kappa shape index (κ3) is 2.88. The van der Waals surface area contributed by atoms with Gasteiger partial charge in [0.15, 0.2) is 5.11 Å². The van der Waals surface area contributed by atoms with Crippen molar-refractivity contribution in [2.24, 2.45) is 10.8 Å². The molecule has 0 saturated carbocycles. The number of rotatable bonds is 3. The lowest BCUT2D eigenvalue weighted by atomic mass is 10.2. The van der Waals surface area contributed by atoms with Gasteiger partial charge < -0.3 is 5.73 Å². The topological polar surface area (TPSA) is 68.2 Å². The minimum atomic E-state index is 0.137. The van der Waals surface area contributed by atoms with Crippen LogP contribution in [0.15, 0.2) is 47.8 Å². The Hall–Kier alpha value is -2.21. The Labute approximate surface area is 104 Å². The van der Waals surface area contributed by atoms with Crippen LogP contribution in [0, 0.1) is 0 Å². The van der Waals surface area contributed by atoms with Crippen LogP contribution < -0.4 is 11.2 Å². The summed E-state index contributed by atoms with van der Waals surface area (Å²) in [6.45, 7) is 0. The van der Waals surface area contributed by atoms with Gasteiger partial charge in [-0.3, -0.25) is 5.43 Å². The van der Waals surface area contributed by atoms with Crippen molar-refractivity contribution in [2.45, 2.75) is 0 Å². The lowest BCUT2D eigenvalue weighted by Gasteiger charge is -2.05. The summed E-state index contributed by atoms with van der Waals surface area (Å²) in [6, 6.07) is 9.61. The zero-order valence-corrected chi connectivity index (χ0v) is 9.76. The predicted octanol–water partition coefficient (Wildman–Crippen LogP) is 1.04. The van der Waals surface area contributed by atoms with E-state index in [1.807, 2.05) is 36.5 Å². The molecule has 0 aliphatic heterocycles. The van der Waals surface area contributed by atoms with Gasteiger partial charge in [0, 0.05) is 18.0 Å². The third-order valence-electron chi connectivity index (χ3n) is 2.07. The fourth-order valence-electron chi connectivity index (χ4n) is 1.38. The molecular formula is C11H11N5S. The molecule has 3 N–H and O–H groups in total. The Balaban J connectivity index is 2.28. The molecule has 2 rings (SSSR count). The van der Waals surface area contributed by atoms with E-state index in [1.165, 1.54) is 0 Å². The lowest BCUT2D eigenvalue weighted by molar-refractivity contribution is 0.878. The average molecular weight is 245 g/mol. The number of thiocarbonyl (C=S) groups is 1. The largest absolute Gasteiger partial charge is 0.375 e. The van der Waals surface area contributed by atoms with Crippen molar-refractivity contribution < 1.29 is 0 Å². The first-order chi connectivity index (χ1) is 8.27. The summed E-state index contributed by atoms with van der Waals surface area (Å²) >= 11 is 4.66. The minimum absolute atomic E-state index is 0.137. The van der Waals surface area contributed by atoms with Crippen molar-refractivity contribution in [1.29, 1.82) is 0 Å². The van der Waals surface area contributed by atoms with E-state index < -0.39 is 0 Å². The Morgan fingerprint density at radius 2 is 2.24 bits per heavy atom. The lowest BCUT2D eigenvalue weighted by Crippen LogP contribution is -2.24. The number of nitrogens with one attached hydrogen (secondary N) is 1.